The second kappa shape index (κ2) is 4.30. The molecule has 0 aliphatic carbocycles. The Hall–Kier alpha value is -1.91. The van der Waals surface area contributed by atoms with Gasteiger partial charge in [0.1, 0.15) is 12.4 Å². The van der Waals surface area contributed by atoms with Crippen LogP contribution in [0.3, 0.4) is 0 Å². The van der Waals surface area contributed by atoms with Gasteiger partial charge in [-0.1, -0.05) is 0 Å². The summed E-state index contributed by atoms with van der Waals surface area (Å²) in [6.07, 6.45) is 0.741. The zero-order valence-corrected chi connectivity index (χ0v) is 8.36. The number of hydrogen-bond donors (Lipinski definition) is 1. The minimum absolute atomic E-state index is 0.277. The lowest BCUT2D eigenvalue weighted by atomic mass is 10.1. The maximum Gasteiger partial charge on any atom is 0.272 e. The molecule has 3 nitrogen and oxygen atoms in total. The molecule has 0 aliphatic heterocycles. The predicted octanol–water partition coefficient (Wildman–Crippen LogP) is 2.46. The number of fused-ring (bicyclic) bond motifs is 1. The number of nitrogens with two attached hydrogens (primary N) is 1. The Bertz CT molecular complexity index is 502. The summed E-state index contributed by atoms with van der Waals surface area (Å²) in [5, 5.41) is 1.60. The third-order valence-electron chi connectivity index (χ3n) is 2.19. The SMILES string of the molecule is Nc1c(OCC(F)F)ccc2cnccc12. The van der Waals surface area contributed by atoms with Crippen molar-refractivity contribution in [3.05, 3.63) is 30.6 Å². The maximum absolute atomic E-state index is 12.0. The Balaban J connectivity index is 2.37. The van der Waals surface area contributed by atoms with Gasteiger partial charge in [-0.25, -0.2) is 8.78 Å². The fraction of sp³-hybridized carbons (Fsp3) is 0.182. The molecule has 0 bridgehead atoms. The quantitative estimate of drug-likeness (QED) is 0.814. The van der Waals surface area contributed by atoms with Gasteiger partial charge in [0.05, 0.1) is 5.69 Å². The number of halogens is 2. The summed E-state index contributed by atoms with van der Waals surface area (Å²) in [6.45, 7) is -0.652. The van der Waals surface area contributed by atoms with Gasteiger partial charge >= 0.3 is 0 Å². The number of alkyl halides is 2. The molecule has 0 radical (unpaired) electrons. The first-order valence-corrected chi connectivity index (χ1v) is 4.71. The molecule has 0 unspecified atom stereocenters. The number of nitrogen functional groups attached to an aromatic ring is 1. The third-order valence-corrected chi connectivity index (χ3v) is 2.19. The zero-order valence-electron chi connectivity index (χ0n) is 8.36. The van der Waals surface area contributed by atoms with E-state index >= 15 is 0 Å². The zero-order chi connectivity index (χ0) is 11.5. The maximum atomic E-state index is 12.0. The number of rotatable bonds is 3. The van der Waals surface area contributed by atoms with Crippen LogP contribution in [0.15, 0.2) is 30.6 Å². The lowest BCUT2D eigenvalue weighted by molar-refractivity contribution is 0.0823. The van der Waals surface area contributed by atoms with Crippen LogP contribution in [0.2, 0.25) is 0 Å². The van der Waals surface area contributed by atoms with Gasteiger partial charge in [-0.05, 0) is 18.2 Å². The summed E-state index contributed by atoms with van der Waals surface area (Å²) >= 11 is 0. The molecule has 0 atom stereocenters. The van der Waals surface area contributed by atoms with Gasteiger partial charge < -0.3 is 10.5 Å². The first-order chi connectivity index (χ1) is 7.68. The molecule has 16 heavy (non-hydrogen) atoms. The summed E-state index contributed by atoms with van der Waals surface area (Å²) in [5.74, 6) is 0.277. The molecule has 2 aromatic rings. The molecule has 0 amide bonds. The third kappa shape index (κ3) is 2.03. The van der Waals surface area contributed by atoms with Gasteiger partial charge in [0.2, 0.25) is 0 Å². The van der Waals surface area contributed by atoms with Crippen molar-refractivity contribution < 1.29 is 13.5 Å². The molecule has 5 heteroatoms. The average molecular weight is 224 g/mol. The Kier molecular flexibility index (Phi) is 2.85. The van der Waals surface area contributed by atoms with E-state index in [2.05, 4.69) is 4.98 Å². The number of benzene rings is 1. The van der Waals surface area contributed by atoms with E-state index < -0.39 is 13.0 Å². The lowest BCUT2D eigenvalue weighted by Crippen LogP contribution is -2.08. The fourth-order valence-electron chi connectivity index (χ4n) is 1.45. The summed E-state index contributed by atoms with van der Waals surface area (Å²) < 4.78 is 28.9. The fourth-order valence-corrected chi connectivity index (χ4v) is 1.45. The van der Waals surface area contributed by atoms with E-state index in [9.17, 15) is 8.78 Å². The number of hydrogen-bond acceptors (Lipinski definition) is 3. The molecule has 1 heterocycles. The lowest BCUT2D eigenvalue weighted by Gasteiger charge is -2.10. The van der Waals surface area contributed by atoms with Crippen LogP contribution < -0.4 is 10.5 Å². The summed E-state index contributed by atoms with van der Waals surface area (Å²) in [7, 11) is 0. The number of aromatic nitrogens is 1. The second-order valence-corrected chi connectivity index (χ2v) is 3.28. The minimum atomic E-state index is -2.51. The van der Waals surface area contributed by atoms with Crippen molar-refractivity contribution in [3.8, 4) is 5.75 Å². The van der Waals surface area contributed by atoms with Crippen LogP contribution in [0.25, 0.3) is 10.8 Å². The molecule has 1 aromatic heterocycles. The highest BCUT2D eigenvalue weighted by atomic mass is 19.3. The number of ether oxygens (including phenoxy) is 1. The van der Waals surface area contributed by atoms with Crippen molar-refractivity contribution in [2.45, 2.75) is 6.43 Å². The number of nitrogens with zero attached hydrogens (tertiary/aromatic N) is 1. The topological polar surface area (TPSA) is 48.1 Å². The van der Waals surface area contributed by atoms with E-state index in [1.54, 1.807) is 30.6 Å². The predicted molar refractivity (Wildman–Crippen MR) is 57.7 cm³/mol. The normalized spacial score (nSPS) is 10.9. The Morgan fingerprint density at radius 1 is 1.31 bits per heavy atom. The highest BCUT2D eigenvalue weighted by Crippen LogP contribution is 2.30. The van der Waals surface area contributed by atoms with E-state index in [-0.39, 0.29) is 5.75 Å². The van der Waals surface area contributed by atoms with E-state index in [0.29, 0.717) is 5.69 Å². The Morgan fingerprint density at radius 2 is 2.12 bits per heavy atom. The van der Waals surface area contributed by atoms with E-state index in [1.165, 1.54) is 0 Å². The molecule has 2 N–H and O–H groups in total. The molecular formula is C11H10F2N2O. The van der Waals surface area contributed by atoms with Gasteiger partial charge in [-0.3, -0.25) is 4.98 Å². The van der Waals surface area contributed by atoms with Crippen LogP contribution in [0.4, 0.5) is 14.5 Å². The van der Waals surface area contributed by atoms with Crippen molar-refractivity contribution in [1.82, 2.24) is 4.98 Å². The Labute approximate surface area is 90.8 Å². The standard InChI is InChI=1S/C11H10F2N2O/c12-10(13)6-16-9-2-1-7-5-15-4-3-8(7)11(9)14/h1-5,10H,6,14H2. The van der Waals surface area contributed by atoms with Gasteiger partial charge in [-0.15, -0.1) is 0 Å². The molecule has 0 spiro atoms. The van der Waals surface area contributed by atoms with E-state index in [0.717, 1.165) is 10.8 Å². The first-order valence-electron chi connectivity index (χ1n) is 4.71. The van der Waals surface area contributed by atoms with Crippen molar-refractivity contribution in [2.24, 2.45) is 0 Å². The molecular weight excluding hydrogens is 214 g/mol. The van der Waals surface area contributed by atoms with Crippen LogP contribution >= 0.6 is 0 Å². The smallest absolute Gasteiger partial charge is 0.272 e. The van der Waals surface area contributed by atoms with Crippen LogP contribution in [-0.4, -0.2) is 18.0 Å². The highest BCUT2D eigenvalue weighted by molar-refractivity contribution is 5.95. The van der Waals surface area contributed by atoms with Gasteiger partial charge in [0.25, 0.3) is 6.43 Å². The minimum Gasteiger partial charge on any atom is -0.485 e. The highest BCUT2D eigenvalue weighted by Gasteiger charge is 2.08. The number of pyridine rings is 1. The van der Waals surface area contributed by atoms with Crippen LogP contribution in [0, 0.1) is 0 Å². The van der Waals surface area contributed by atoms with Crippen molar-refractivity contribution in [3.63, 3.8) is 0 Å². The summed E-state index contributed by atoms with van der Waals surface area (Å²) in [5.41, 5.74) is 6.17. The average Bonchev–Trinajstić information content (AvgIpc) is 2.28. The monoisotopic (exact) mass is 224 g/mol. The molecule has 84 valence electrons. The first kappa shape index (κ1) is 10.6. The van der Waals surface area contributed by atoms with Crippen LogP contribution in [0.1, 0.15) is 0 Å². The molecule has 0 aliphatic rings. The van der Waals surface area contributed by atoms with Crippen LogP contribution in [0.5, 0.6) is 5.75 Å². The van der Waals surface area contributed by atoms with E-state index in [1.807, 2.05) is 0 Å². The van der Waals surface area contributed by atoms with E-state index in [4.69, 9.17) is 10.5 Å². The molecule has 0 fully saturated rings. The summed E-state index contributed by atoms with van der Waals surface area (Å²) in [4.78, 5) is 3.94. The van der Waals surface area contributed by atoms with Crippen molar-refractivity contribution >= 4 is 16.5 Å². The van der Waals surface area contributed by atoms with Gasteiger partial charge in [0.15, 0.2) is 0 Å². The second-order valence-electron chi connectivity index (χ2n) is 3.28. The van der Waals surface area contributed by atoms with Crippen molar-refractivity contribution in [2.75, 3.05) is 12.3 Å². The molecule has 1 aromatic carbocycles. The summed E-state index contributed by atoms with van der Waals surface area (Å²) in [6, 6.07) is 5.03. The van der Waals surface area contributed by atoms with Crippen LogP contribution in [-0.2, 0) is 0 Å². The van der Waals surface area contributed by atoms with Gasteiger partial charge in [0, 0.05) is 23.2 Å². The molecule has 0 saturated carbocycles. The largest absolute Gasteiger partial charge is 0.485 e. The molecule has 0 saturated heterocycles. The molecule has 2 rings (SSSR count). The Morgan fingerprint density at radius 3 is 2.88 bits per heavy atom. The van der Waals surface area contributed by atoms with Crippen molar-refractivity contribution in [1.29, 1.82) is 0 Å². The number of anilines is 1. The van der Waals surface area contributed by atoms with Gasteiger partial charge in [-0.2, -0.15) is 0 Å².